The molecule has 1 aliphatic heterocycles. The molecule has 0 spiro atoms. The zero-order valence-electron chi connectivity index (χ0n) is 28.1. The first kappa shape index (κ1) is 37.5. The number of hydrogen-bond acceptors (Lipinski definition) is 10. The minimum absolute atomic E-state index is 0.0565. The van der Waals surface area contributed by atoms with Crippen molar-refractivity contribution in [3.63, 3.8) is 0 Å². The number of carbonyl (C=O) groups is 5. The van der Waals surface area contributed by atoms with Crippen LogP contribution in [0, 0.1) is 23.7 Å². The summed E-state index contributed by atoms with van der Waals surface area (Å²) in [5.41, 5.74) is 0.279. The summed E-state index contributed by atoms with van der Waals surface area (Å²) < 4.78 is 11.4. The second-order valence-electron chi connectivity index (χ2n) is 13.0. The Kier molecular flexibility index (Phi) is 15.1. The van der Waals surface area contributed by atoms with Crippen LogP contribution in [-0.2, 0) is 28.7 Å². The van der Waals surface area contributed by atoms with E-state index >= 15 is 0 Å². The summed E-state index contributed by atoms with van der Waals surface area (Å²) in [5, 5.41) is 2.08. The van der Waals surface area contributed by atoms with Crippen LogP contribution in [0.2, 0.25) is 0 Å². The number of rotatable bonds is 17. The van der Waals surface area contributed by atoms with Gasteiger partial charge in [-0.2, -0.15) is 0 Å². The Morgan fingerprint density at radius 2 is 1.75 bits per heavy atom. The maximum absolute atomic E-state index is 14.6. The highest BCUT2D eigenvalue weighted by atomic mass is 32.1. The number of thiazole rings is 1. The van der Waals surface area contributed by atoms with E-state index in [9.17, 15) is 24.0 Å². The largest absolute Gasteiger partial charge is 0.455 e. The summed E-state index contributed by atoms with van der Waals surface area (Å²) >= 11 is 1.22. The minimum atomic E-state index is -0.820. The third-order valence-corrected chi connectivity index (χ3v) is 9.46. The third kappa shape index (κ3) is 11.1. The fourth-order valence-electron chi connectivity index (χ4n) is 5.70. The van der Waals surface area contributed by atoms with Crippen LogP contribution < -0.4 is 0 Å². The maximum atomic E-state index is 14.6. The van der Waals surface area contributed by atoms with Gasteiger partial charge in [0.05, 0.1) is 6.04 Å². The number of ketones is 2. The zero-order chi connectivity index (χ0) is 33.1. The van der Waals surface area contributed by atoms with Crippen LogP contribution in [0.3, 0.4) is 0 Å². The Morgan fingerprint density at radius 3 is 2.27 bits per heavy atom. The molecule has 44 heavy (non-hydrogen) atoms. The summed E-state index contributed by atoms with van der Waals surface area (Å²) in [4.78, 5) is 73.0. The molecule has 0 aliphatic carbocycles. The van der Waals surface area contributed by atoms with Crippen molar-refractivity contribution in [2.24, 2.45) is 23.7 Å². The number of amides is 1. The van der Waals surface area contributed by atoms with E-state index in [-0.39, 0.29) is 73.0 Å². The van der Waals surface area contributed by atoms with Crippen LogP contribution in [0.1, 0.15) is 122 Å². The molecule has 0 N–H and O–H groups in total. The second kappa shape index (κ2) is 17.7. The van der Waals surface area contributed by atoms with Crippen molar-refractivity contribution in [3.05, 3.63) is 16.1 Å². The standard InChI is InChI=1S/C33H53N3O7S/c1-10-22(6)25(16-29(39)27-13-11-12-14-35(27)9)33(41)36(19-42-31(40)15-20(2)3)28(21(4)5)17-30(43-24(8)38)32-34-26(18-44-32)23(7)37/h18,20-22,25,27-28,30H,10-17,19H2,1-9H3/t22-,25-,27+,28+,30+/m0/s1. The molecule has 1 fully saturated rings. The van der Waals surface area contributed by atoms with Gasteiger partial charge in [-0.15, -0.1) is 11.3 Å². The Morgan fingerprint density at radius 1 is 1.07 bits per heavy atom. The summed E-state index contributed by atoms with van der Waals surface area (Å²) in [6.07, 6.45) is 3.18. The Labute approximate surface area is 267 Å². The van der Waals surface area contributed by atoms with Crippen LogP contribution in [0.25, 0.3) is 0 Å². The lowest BCUT2D eigenvalue weighted by atomic mass is 9.82. The lowest BCUT2D eigenvalue weighted by Crippen LogP contribution is -2.50. The summed E-state index contributed by atoms with van der Waals surface area (Å²) in [6.45, 7) is 15.0. The molecule has 0 radical (unpaired) electrons. The van der Waals surface area contributed by atoms with E-state index in [2.05, 4.69) is 9.88 Å². The minimum Gasteiger partial charge on any atom is -0.455 e. The monoisotopic (exact) mass is 635 g/mol. The second-order valence-corrected chi connectivity index (χ2v) is 13.9. The van der Waals surface area contributed by atoms with Crippen molar-refractivity contribution < 1.29 is 33.4 Å². The normalized spacial score (nSPS) is 18.4. The molecule has 248 valence electrons. The van der Waals surface area contributed by atoms with Crippen molar-refractivity contribution in [3.8, 4) is 0 Å². The Hall–Kier alpha value is -2.66. The van der Waals surface area contributed by atoms with Crippen molar-refractivity contribution in [2.75, 3.05) is 20.3 Å². The average Bonchev–Trinajstić information content (AvgIpc) is 3.44. The summed E-state index contributed by atoms with van der Waals surface area (Å²) in [6, 6.07) is -0.738. The predicted octanol–water partition coefficient (Wildman–Crippen LogP) is 5.85. The number of aromatic nitrogens is 1. The molecule has 0 unspecified atom stereocenters. The number of piperidine rings is 1. The molecule has 1 amide bonds. The molecule has 1 aliphatic rings. The molecule has 11 heteroatoms. The molecular weight excluding hydrogens is 582 g/mol. The number of ether oxygens (including phenoxy) is 2. The van der Waals surface area contributed by atoms with Crippen molar-refractivity contribution in [2.45, 2.75) is 119 Å². The van der Waals surface area contributed by atoms with Crippen LogP contribution in [0.5, 0.6) is 0 Å². The van der Waals surface area contributed by atoms with Crippen LogP contribution in [-0.4, -0.2) is 76.6 Å². The van der Waals surface area contributed by atoms with Gasteiger partial charge in [-0.25, -0.2) is 4.98 Å². The molecule has 0 saturated carbocycles. The van der Waals surface area contributed by atoms with E-state index in [1.165, 1.54) is 25.2 Å². The molecule has 5 atom stereocenters. The SMILES string of the molecule is CC[C@H](C)[C@H](CC(=O)[C@H]1CCCCN1C)C(=O)N(COC(=O)CC(C)C)[C@H](C[C@@H](OC(C)=O)c1nc(C(C)=O)cs1)C(C)C. The highest BCUT2D eigenvalue weighted by Crippen LogP contribution is 2.33. The van der Waals surface area contributed by atoms with Crippen LogP contribution in [0.15, 0.2) is 5.38 Å². The molecule has 2 rings (SSSR count). The molecule has 2 heterocycles. The molecule has 1 saturated heterocycles. The van der Waals surface area contributed by atoms with Crippen LogP contribution in [0.4, 0.5) is 0 Å². The van der Waals surface area contributed by atoms with Gasteiger partial charge in [0.2, 0.25) is 5.91 Å². The van der Waals surface area contributed by atoms with Crippen LogP contribution >= 0.6 is 11.3 Å². The van der Waals surface area contributed by atoms with E-state index in [1.54, 1.807) is 10.3 Å². The van der Waals surface area contributed by atoms with Crippen molar-refractivity contribution in [1.82, 2.24) is 14.8 Å². The van der Waals surface area contributed by atoms with Gasteiger partial charge in [-0.3, -0.25) is 28.9 Å². The number of likely N-dealkylation sites (N-methyl/N-ethyl adjacent to an activating group) is 1. The molecule has 1 aromatic rings. The smallest absolute Gasteiger partial charge is 0.307 e. The van der Waals surface area contributed by atoms with Gasteiger partial charge >= 0.3 is 11.9 Å². The van der Waals surface area contributed by atoms with E-state index in [1.807, 2.05) is 48.6 Å². The van der Waals surface area contributed by atoms with E-state index in [4.69, 9.17) is 9.47 Å². The zero-order valence-corrected chi connectivity index (χ0v) is 28.9. The molecule has 10 nitrogen and oxygen atoms in total. The lowest BCUT2D eigenvalue weighted by Gasteiger charge is -2.39. The molecule has 0 bridgehead atoms. The molecular formula is C33H53N3O7S. The van der Waals surface area contributed by atoms with Crippen molar-refractivity contribution >= 4 is 40.7 Å². The summed E-state index contributed by atoms with van der Waals surface area (Å²) in [7, 11) is 1.96. The number of nitrogens with zero attached hydrogens (tertiary/aromatic N) is 3. The Balaban J connectivity index is 2.49. The van der Waals surface area contributed by atoms with Gasteiger partial charge in [0.25, 0.3) is 0 Å². The van der Waals surface area contributed by atoms with Gasteiger partial charge in [-0.05, 0) is 44.2 Å². The third-order valence-electron chi connectivity index (χ3n) is 8.53. The number of carbonyl (C=O) groups excluding carboxylic acids is 5. The highest BCUT2D eigenvalue weighted by Gasteiger charge is 2.39. The fraction of sp³-hybridized carbons (Fsp3) is 0.758. The first-order chi connectivity index (χ1) is 20.7. The first-order valence-electron chi connectivity index (χ1n) is 16.0. The first-order valence-corrected chi connectivity index (χ1v) is 16.9. The maximum Gasteiger partial charge on any atom is 0.307 e. The number of Topliss-reactive ketones (excluding diaryl/α,β-unsaturated/α-hetero) is 2. The summed E-state index contributed by atoms with van der Waals surface area (Å²) in [5.74, 6) is -2.08. The van der Waals surface area contributed by atoms with E-state index < -0.39 is 30.0 Å². The van der Waals surface area contributed by atoms with Gasteiger partial charge in [-0.1, -0.05) is 54.4 Å². The van der Waals surface area contributed by atoms with Gasteiger partial charge < -0.3 is 14.4 Å². The number of likely N-dealkylation sites (tertiary alicyclic amines) is 1. The Bertz CT molecular complexity index is 1130. The average molecular weight is 636 g/mol. The van der Waals surface area contributed by atoms with Gasteiger partial charge in [0.1, 0.15) is 10.7 Å². The number of esters is 2. The molecule has 0 aromatic carbocycles. The topological polar surface area (TPSA) is 123 Å². The van der Waals surface area contributed by atoms with E-state index in [0.29, 0.717) is 11.4 Å². The van der Waals surface area contributed by atoms with E-state index in [0.717, 1.165) is 25.8 Å². The highest BCUT2D eigenvalue weighted by molar-refractivity contribution is 7.09. The van der Waals surface area contributed by atoms with Gasteiger partial charge in [0.15, 0.2) is 24.4 Å². The lowest BCUT2D eigenvalue weighted by molar-refractivity contribution is -0.162. The van der Waals surface area contributed by atoms with Crippen molar-refractivity contribution in [1.29, 1.82) is 0 Å². The molecule has 1 aromatic heterocycles. The number of hydrogen-bond donors (Lipinski definition) is 0. The predicted molar refractivity (Wildman–Crippen MR) is 170 cm³/mol. The fourth-order valence-corrected chi connectivity index (χ4v) is 6.59. The van der Waals surface area contributed by atoms with Gasteiger partial charge in [0, 0.05) is 50.4 Å². The quantitative estimate of drug-likeness (QED) is 0.118.